The summed E-state index contributed by atoms with van der Waals surface area (Å²) < 4.78 is 44.1. The number of aryl methyl sites for hydroxylation is 1. The van der Waals surface area contributed by atoms with Crippen molar-refractivity contribution in [1.29, 1.82) is 0 Å². The van der Waals surface area contributed by atoms with Crippen LogP contribution in [-0.4, -0.2) is 16.2 Å². The van der Waals surface area contributed by atoms with E-state index in [1.807, 2.05) is 12.3 Å². The van der Waals surface area contributed by atoms with Crippen molar-refractivity contribution in [1.82, 2.24) is 9.97 Å². The maximum atomic E-state index is 12.9. The largest absolute Gasteiger partial charge is 0.438 e. The van der Waals surface area contributed by atoms with Crippen molar-refractivity contribution in [2.45, 2.75) is 13.1 Å². The van der Waals surface area contributed by atoms with E-state index in [0.717, 1.165) is 17.3 Å². The predicted molar refractivity (Wildman–Crippen MR) is 93.8 cm³/mol. The molecular formula is C17H13F3N4OS. The Morgan fingerprint density at radius 2 is 1.96 bits per heavy atom. The van der Waals surface area contributed by atoms with Crippen LogP contribution in [0.25, 0.3) is 0 Å². The van der Waals surface area contributed by atoms with Gasteiger partial charge in [-0.2, -0.15) is 18.3 Å². The topological polar surface area (TPSA) is 59.4 Å². The third-order valence-corrected chi connectivity index (χ3v) is 4.03. The van der Waals surface area contributed by atoms with Crippen LogP contribution in [0, 0.1) is 6.92 Å². The fraction of sp³-hybridized carbons (Fsp3) is 0.118. The summed E-state index contributed by atoms with van der Waals surface area (Å²) in [6, 6.07) is 8.57. The minimum absolute atomic E-state index is 0.245. The first-order valence-electron chi connectivity index (χ1n) is 7.43. The minimum Gasteiger partial charge on any atom is -0.438 e. The fourth-order valence-electron chi connectivity index (χ4n) is 1.99. The number of aromatic nitrogens is 2. The molecule has 1 N–H and O–H groups in total. The monoisotopic (exact) mass is 378 g/mol. The van der Waals surface area contributed by atoms with Crippen molar-refractivity contribution in [3.63, 3.8) is 0 Å². The van der Waals surface area contributed by atoms with Gasteiger partial charge in [0.15, 0.2) is 0 Å². The summed E-state index contributed by atoms with van der Waals surface area (Å²) in [6.07, 6.45) is -1.71. The number of benzene rings is 1. The van der Waals surface area contributed by atoms with E-state index in [9.17, 15) is 13.2 Å². The number of ether oxygens (including phenoxy) is 1. The molecule has 0 bridgehead atoms. The molecule has 0 spiro atoms. The lowest BCUT2D eigenvalue weighted by molar-refractivity contribution is -0.138. The number of rotatable bonds is 5. The lowest BCUT2D eigenvalue weighted by atomic mass is 10.2. The molecule has 0 unspecified atom stereocenters. The normalized spacial score (nSPS) is 11.7. The average Bonchev–Trinajstić information content (AvgIpc) is 3.01. The first-order valence-corrected chi connectivity index (χ1v) is 8.31. The number of alkyl halides is 3. The van der Waals surface area contributed by atoms with Crippen LogP contribution in [0.5, 0.6) is 11.6 Å². The second kappa shape index (κ2) is 7.52. The van der Waals surface area contributed by atoms with E-state index in [0.29, 0.717) is 5.13 Å². The molecular weight excluding hydrogens is 365 g/mol. The molecule has 0 atom stereocenters. The molecule has 3 aromatic rings. The van der Waals surface area contributed by atoms with Crippen LogP contribution in [0.2, 0.25) is 0 Å². The maximum Gasteiger partial charge on any atom is 0.421 e. The molecule has 0 amide bonds. The molecule has 0 saturated heterocycles. The minimum atomic E-state index is -4.53. The Bertz CT molecular complexity index is 907. The highest BCUT2D eigenvalue weighted by molar-refractivity contribution is 7.13. The highest BCUT2D eigenvalue weighted by Crippen LogP contribution is 2.36. The van der Waals surface area contributed by atoms with E-state index in [1.165, 1.54) is 23.6 Å². The smallest absolute Gasteiger partial charge is 0.421 e. The van der Waals surface area contributed by atoms with Crippen molar-refractivity contribution >= 4 is 22.7 Å². The van der Waals surface area contributed by atoms with Crippen LogP contribution in [0.3, 0.4) is 0 Å². The Morgan fingerprint density at radius 1 is 1.19 bits per heavy atom. The first-order chi connectivity index (χ1) is 12.4. The van der Waals surface area contributed by atoms with E-state index in [-0.39, 0.29) is 5.75 Å². The first kappa shape index (κ1) is 17.9. The molecule has 9 heteroatoms. The third-order valence-electron chi connectivity index (χ3n) is 3.16. The molecule has 0 aliphatic carbocycles. The molecule has 0 aliphatic heterocycles. The van der Waals surface area contributed by atoms with Crippen molar-refractivity contribution < 1.29 is 17.9 Å². The Kier molecular flexibility index (Phi) is 5.17. The lowest BCUT2D eigenvalue weighted by Gasteiger charge is -2.12. The quantitative estimate of drug-likeness (QED) is 0.495. The van der Waals surface area contributed by atoms with Gasteiger partial charge in [0.2, 0.25) is 11.0 Å². The van der Waals surface area contributed by atoms with Crippen LogP contribution in [-0.2, 0) is 6.18 Å². The zero-order valence-electron chi connectivity index (χ0n) is 13.5. The van der Waals surface area contributed by atoms with E-state index in [4.69, 9.17) is 4.74 Å². The molecule has 2 heterocycles. The molecule has 3 rings (SSSR count). The SMILES string of the molecule is Cc1csc(NN=Cc2ccc(Oc3ncccc3C(F)(F)F)cc2)n1. The molecule has 2 aromatic heterocycles. The van der Waals surface area contributed by atoms with Crippen LogP contribution in [0.4, 0.5) is 18.3 Å². The molecule has 0 saturated carbocycles. The van der Waals surface area contributed by atoms with Crippen molar-refractivity contribution in [3.05, 3.63) is 64.8 Å². The van der Waals surface area contributed by atoms with Gasteiger partial charge in [-0.05, 0) is 48.9 Å². The molecule has 134 valence electrons. The van der Waals surface area contributed by atoms with Gasteiger partial charge in [0, 0.05) is 11.6 Å². The Labute approximate surface area is 151 Å². The van der Waals surface area contributed by atoms with Gasteiger partial charge < -0.3 is 4.74 Å². The lowest BCUT2D eigenvalue weighted by Crippen LogP contribution is -2.08. The van der Waals surface area contributed by atoms with Gasteiger partial charge in [-0.15, -0.1) is 11.3 Å². The van der Waals surface area contributed by atoms with Gasteiger partial charge in [-0.3, -0.25) is 5.43 Å². The molecule has 5 nitrogen and oxygen atoms in total. The van der Waals surface area contributed by atoms with E-state index < -0.39 is 17.6 Å². The summed E-state index contributed by atoms with van der Waals surface area (Å²) >= 11 is 1.44. The number of pyridine rings is 1. The molecule has 0 aliphatic rings. The number of nitrogens with zero attached hydrogens (tertiary/aromatic N) is 3. The van der Waals surface area contributed by atoms with Crippen LogP contribution < -0.4 is 10.2 Å². The number of halogens is 3. The highest BCUT2D eigenvalue weighted by Gasteiger charge is 2.35. The summed E-state index contributed by atoms with van der Waals surface area (Å²) in [6.45, 7) is 1.88. The van der Waals surface area contributed by atoms with Crippen LogP contribution in [0.15, 0.2) is 53.1 Å². The second-order valence-electron chi connectivity index (χ2n) is 5.19. The number of anilines is 1. The fourth-order valence-corrected chi connectivity index (χ4v) is 2.63. The summed E-state index contributed by atoms with van der Waals surface area (Å²) in [5.41, 5.74) is 3.53. The van der Waals surface area contributed by atoms with Crippen molar-refractivity contribution in [2.75, 3.05) is 5.43 Å². The third kappa shape index (κ3) is 4.57. The maximum absolute atomic E-state index is 12.9. The zero-order chi connectivity index (χ0) is 18.6. The van der Waals surface area contributed by atoms with E-state index in [1.54, 1.807) is 30.5 Å². The Hall–Kier alpha value is -2.94. The Morgan fingerprint density at radius 3 is 2.62 bits per heavy atom. The summed E-state index contributed by atoms with van der Waals surface area (Å²) in [4.78, 5) is 7.87. The van der Waals surface area contributed by atoms with E-state index >= 15 is 0 Å². The summed E-state index contributed by atoms with van der Waals surface area (Å²) in [5, 5.41) is 6.63. The number of thiazole rings is 1. The molecule has 26 heavy (non-hydrogen) atoms. The van der Waals surface area contributed by atoms with Crippen molar-refractivity contribution in [3.8, 4) is 11.6 Å². The van der Waals surface area contributed by atoms with Crippen LogP contribution >= 0.6 is 11.3 Å². The van der Waals surface area contributed by atoms with Gasteiger partial charge in [-0.1, -0.05) is 0 Å². The predicted octanol–water partition coefficient (Wildman–Crippen LogP) is 5.10. The van der Waals surface area contributed by atoms with Gasteiger partial charge >= 0.3 is 6.18 Å². The molecule has 0 fully saturated rings. The summed E-state index contributed by atoms with van der Waals surface area (Å²) in [7, 11) is 0. The highest BCUT2D eigenvalue weighted by atomic mass is 32.1. The summed E-state index contributed by atoms with van der Waals surface area (Å²) in [5.74, 6) is -0.239. The second-order valence-corrected chi connectivity index (χ2v) is 6.05. The Balaban J connectivity index is 1.67. The van der Waals surface area contributed by atoms with Gasteiger partial charge in [-0.25, -0.2) is 9.97 Å². The molecule has 1 aromatic carbocycles. The number of hydrogen-bond acceptors (Lipinski definition) is 6. The number of hydrogen-bond donors (Lipinski definition) is 1. The van der Waals surface area contributed by atoms with Crippen LogP contribution in [0.1, 0.15) is 16.8 Å². The van der Waals surface area contributed by atoms with Gasteiger partial charge in [0.05, 0.1) is 11.9 Å². The van der Waals surface area contributed by atoms with Gasteiger partial charge in [0.25, 0.3) is 0 Å². The van der Waals surface area contributed by atoms with Crippen molar-refractivity contribution in [2.24, 2.45) is 5.10 Å². The average molecular weight is 378 g/mol. The van der Waals surface area contributed by atoms with Gasteiger partial charge in [0.1, 0.15) is 11.3 Å². The number of nitrogens with one attached hydrogen (secondary N) is 1. The molecule has 0 radical (unpaired) electrons. The zero-order valence-corrected chi connectivity index (χ0v) is 14.3. The van der Waals surface area contributed by atoms with E-state index in [2.05, 4.69) is 20.5 Å². The standard InChI is InChI=1S/C17H13F3N4OS/c1-11-10-26-16(23-11)24-22-9-12-4-6-13(7-5-12)25-15-14(17(18,19)20)3-2-8-21-15/h2-10H,1H3,(H,23,24). The number of hydrazone groups is 1.